The highest BCUT2D eigenvalue weighted by molar-refractivity contribution is 9.10. The molecule has 0 bridgehead atoms. The van der Waals surface area contributed by atoms with Gasteiger partial charge < -0.3 is 4.74 Å². The molecule has 0 aromatic heterocycles. The van der Waals surface area contributed by atoms with Crippen molar-refractivity contribution in [3.05, 3.63) is 33.3 Å². The first-order valence-electron chi connectivity index (χ1n) is 5.49. The molecule has 0 aliphatic heterocycles. The van der Waals surface area contributed by atoms with Gasteiger partial charge in [-0.1, -0.05) is 22.9 Å². The predicted octanol–water partition coefficient (Wildman–Crippen LogP) is 2.99. The summed E-state index contributed by atoms with van der Waals surface area (Å²) in [5, 5.41) is 8.93. The summed E-state index contributed by atoms with van der Waals surface area (Å²) in [6.07, 6.45) is 1.00. The number of nitriles is 1. The van der Waals surface area contributed by atoms with Crippen LogP contribution in [0, 0.1) is 11.3 Å². The average Bonchev–Trinajstić information content (AvgIpc) is 2.32. The first kappa shape index (κ1) is 13.7. The molecule has 0 spiro atoms. The van der Waals surface area contributed by atoms with Crippen molar-refractivity contribution in [3.8, 4) is 6.07 Å². The first-order valence-corrected chi connectivity index (χ1v) is 6.28. The largest absolute Gasteiger partial charge is 0.466 e. The van der Waals surface area contributed by atoms with Crippen LogP contribution >= 0.6 is 15.9 Å². The fourth-order valence-corrected chi connectivity index (χ4v) is 2.22. The van der Waals surface area contributed by atoms with Crippen molar-refractivity contribution in [1.29, 1.82) is 5.26 Å². The van der Waals surface area contributed by atoms with Crippen molar-refractivity contribution in [1.82, 2.24) is 0 Å². The Morgan fingerprint density at radius 2 is 2.06 bits per heavy atom. The lowest BCUT2D eigenvalue weighted by molar-refractivity contribution is -0.142. The lowest BCUT2D eigenvalue weighted by Gasteiger charge is -2.09. The predicted molar refractivity (Wildman–Crippen MR) is 68.6 cm³/mol. The molecule has 0 aliphatic carbocycles. The summed E-state index contributed by atoms with van der Waals surface area (Å²) in [4.78, 5) is 11.4. The van der Waals surface area contributed by atoms with Crippen LogP contribution in [0.4, 0.5) is 0 Å². The van der Waals surface area contributed by atoms with E-state index < -0.39 is 0 Å². The zero-order chi connectivity index (χ0) is 12.8. The molecule has 0 atom stereocenters. The molecule has 0 heterocycles. The van der Waals surface area contributed by atoms with Crippen LogP contribution in [0.25, 0.3) is 0 Å². The number of benzene rings is 1. The number of nitrogens with zero attached hydrogens (tertiary/aromatic N) is 1. The number of ether oxygens (including phenoxy) is 1. The van der Waals surface area contributed by atoms with E-state index in [1.807, 2.05) is 13.0 Å². The highest BCUT2D eigenvalue weighted by atomic mass is 79.9. The van der Waals surface area contributed by atoms with Gasteiger partial charge in [-0.05, 0) is 36.6 Å². The number of aryl methyl sites for hydroxylation is 1. The molecular weight excluding hydrogens is 282 g/mol. The Morgan fingerprint density at radius 3 is 2.59 bits per heavy atom. The third-order valence-electron chi connectivity index (χ3n) is 2.37. The fraction of sp³-hybridized carbons (Fsp3) is 0.385. The monoisotopic (exact) mass is 295 g/mol. The number of hydrogen-bond acceptors (Lipinski definition) is 3. The second-order valence-electron chi connectivity index (χ2n) is 3.56. The molecule has 1 rings (SSSR count). The van der Waals surface area contributed by atoms with Gasteiger partial charge in [0.1, 0.15) is 0 Å². The van der Waals surface area contributed by atoms with Gasteiger partial charge in [0.25, 0.3) is 0 Å². The van der Waals surface area contributed by atoms with E-state index in [-0.39, 0.29) is 12.4 Å². The number of rotatable bonds is 4. The molecule has 0 aliphatic rings. The second-order valence-corrected chi connectivity index (χ2v) is 4.35. The minimum Gasteiger partial charge on any atom is -0.466 e. The van der Waals surface area contributed by atoms with E-state index in [2.05, 4.69) is 22.0 Å². The number of carbonyl (C=O) groups excluding carboxylic acids is 1. The lowest BCUT2D eigenvalue weighted by Crippen LogP contribution is -2.08. The minimum atomic E-state index is -0.273. The van der Waals surface area contributed by atoms with Gasteiger partial charge in [-0.25, -0.2) is 0 Å². The molecule has 1 aromatic rings. The molecule has 3 nitrogen and oxygen atoms in total. The third kappa shape index (κ3) is 3.57. The molecule has 4 heteroatoms. The Labute approximate surface area is 110 Å². The van der Waals surface area contributed by atoms with Gasteiger partial charge in [-0.3, -0.25) is 4.79 Å². The van der Waals surface area contributed by atoms with Gasteiger partial charge in [0.05, 0.1) is 24.7 Å². The van der Waals surface area contributed by atoms with Crippen molar-refractivity contribution in [3.63, 3.8) is 0 Å². The standard InChI is InChI=1S/C13H14BrNO2/c1-3-10-5-9(8-15)6-11(13(10)14)7-12(16)17-4-2/h5-6H,3-4,7H2,1-2H3. The summed E-state index contributed by atoms with van der Waals surface area (Å²) in [6, 6.07) is 5.66. The Morgan fingerprint density at radius 1 is 1.41 bits per heavy atom. The van der Waals surface area contributed by atoms with E-state index in [1.54, 1.807) is 13.0 Å². The van der Waals surface area contributed by atoms with Crippen LogP contribution in [-0.2, 0) is 22.4 Å². The number of hydrogen-bond donors (Lipinski definition) is 0. The highest BCUT2D eigenvalue weighted by Crippen LogP contribution is 2.25. The van der Waals surface area contributed by atoms with Crippen LogP contribution in [0.15, 0.2) is 16.6 Å². The number of halogens is 1. The van der Waals surface area contributed by atoms with Crippen molar-refractivity contribution in [2.75, 3.05) is 6.61 Å². The van der Waals surface area contributed by atoms with Gasteiger partial charge in [0.15, 0.2) is 0 Å². The summed E-state index contributed by atoms with van der Waals surface area (Å²) in [5.74, 6) is -0.273. The van der Waals surface area contributed by atoms with E-state index >= 15 is 0 Å². The summed E-state index contributed by atoms with van der Waals surface area (Å²) in [6.45, 7) is 4.15. The number of esters is 1. The van der Waals surface area contributed by atoms with E-state index in [0.29, 0.717) is 12.2 Å². The first-order chi connectivity index (χ1) is 8.12. The highest BCUT2D eigenvalue weighted by Gasteiger charge is 2.12. The average molecular weight is 296 g/mol. The van der Waals surface area contributed by atoms with Crippen LogP contribution in [0.2, 0.25) is 0 Å². The second kappa shape index (κ2) is 6.41. The SMILES string of the molecule is CCOC(=O)Cc1cc(C#N)cc(CC)c1Br. The van der Waals surface area contributed by atoms with Gasteiger partial charge >= 0.3 is 5.97 Å². The minimum absolute atomic E-state index is 0.191. The van der Waals surface area contributed by atoms with E-state index in [4.69, 9.17) is 10.00 Å². The maximum atomic E-state index is 11.4. The molecular formula is C13H14BrNO2. The maximum Gasteiger partial charge on any atom is 0.310 e. The molecule has 0 saturated heterocycles. The van der Waals surface area contributed by atoms with E-state index in [0.717, 1.165) is 22.0 Å². The van der Waals surface area contributed by atoms with E-state index in [9.17, 15) is 4.79 Å². The summed E-state index contributed by atoms with van der Waals surface area (Å²) >= 11 is 3.47. The van der Waals surface area contributed by atoms with Gasteiger partial charge in [-0.15, -0.1) is 0 Å². The molecule has 0 fully saturated rings. The van der Waals surface area contributed by atoms with E-state index in [1.165, 1.54) is 0 Å². The zero-order valence-corrected chi connectivity index (χ0v) is 11.5. The Hall–Kier alpha value is -1.34. The van der Waals surface area contributed by atoms with Crippen LogP contribution in [0.1, 0.15) is 30.5 Å². The van der Waals surface area contributed by atoms with Crippen LogP contribution in [0.5, 0.6) is 0 Å². The van der Waals surface area contributed by atoms with Crippen molar-refractivity contribution in [2.45, 2.75) is 26.7 Å². The van der Waals surface area contributed by atoms with Crippen LogP contribution < -0.4 is 0 Å². The fourth-order valence-electron chi connectivity index (χ4n) is 1.57. The van der Waals surface area contributed by atoms with Gasteiger partial charge in [0.2, 0.25) is 0 Å². The van der Waals surface area contributed by atoms with Crippen LogP contribution in [0.3, 0.4) is 0 Å². The molecule has 1 aromatic carbocycles. The molecule has 90 valence electrons. The molecule has 0 N–H and O–H groups in total. The van der Waals surface area contributed by atoms with Gasteiger partial charge in [0, 0.05) is 4.47 Å². The normalized spacial score (nSPS) is 9.76. The number of carbonyl (C=O) groups is 1. The zero-order valence-electron chi connectivity index (χ0n) is 9.92. The molecule has 0 radical (unpaired) electrons. The molecule has 0 amide bonds. The van der Waals surface area contributed by atoms with Gasteiger partial charge in [-0.2, -0.15) is 5.26 Å². The summed E-state index contributed by atoms with van der Waals surface area (Å²) < 4.78 is 5.80. The molecule has 0 saturated carbocycles. The Kier molecular flexibility index (Phi) is 5.17. The smallest absolute Gasteiger partial charge is 0.310 e. The third-order valence-corrected chi connectivity index (χ3v) is 3.39. The Balaban J connectivity index is 3.06. The summed E-state index contributed by atoms with van der Waals surface area (Å²) in [5.41, 5.74) is 2.41. The topological polar surface area (TPSA) is 50.1 Å². The Bertz CT molecular complexity index is 463. The molecule has 17 heavy (non-hydrogen) atoms. The summed E-state index contributed by atoms with van der Waals surface area (Å²) in [7, 11) is 0. The maximum absolute atomic E-state index is 11.4. The van der Waals surface area contributed by atoms with Crippen molar-refractivity contribution >= 4 is 21.9 Å². The molecule has 0 unspecified atom stereocenters. The van der Waals surface area contributed by atoms with Crippen molar-refractivity contribution < 1.29 is 9.53 Å². The van der Waals surface area contributed by atoms with Crippen LogP contribution in [-0.4, -0.2) is 12.6 Å². The van der Waals surface area contributed by atoms with Crippen molar-refractivity contribution in [2.24, 2.45) is 0 Å². The quantitative estimate of drug-likeness (QED) is 0.803. The lowest BCUT2D eigenvalue weighted by atomic mass is 10.0.